The van der Waals surface area contributed by atoms with Crippen molar-refractivity contribution in [2.75, 3.05) is 23.4 Å². The fourth-order valence-corrected chi connectivity index (χ4v) is 3.79. The summed E-state index contributed by atoms with van der Waals surface area (Å²) in [6.07, 6.45) is 7.45. The minimum absolute atomic E-state index is 0.427. The molecule has 0 saturated carbocycles. The molecular formula is C18H24N2O4S. The number of sulfone groups is 1. The Hall–Kier alpha value is -2.15. The molecule has 2 rings (SSSR count). The number of carbonyl (C=O) groups excluding carboxylic acids is 2. The van der Waals surface area contributed by atoms with Crippen LogP contribution in [0.25, 0.3) is 0 Å². The van der Waals surface area contributed by atoms with Crippen LogP contribution in [0.4, 0.5) is 5.69 Å². The van der Waals surface area contributed by atoms with Crippen LogP contribution in [-0.4, -0.2) is 38.3 Å². The number of rotatable bonds is 8. The van der Waals surface area contributed by atoms with Crippen molar-refractivity contribution in [3.63, 3.8) is 0 Å². The number of nitrogens with one attached hydrogen (secondary N) is 2. The van der Waals surface area contributed by atoms with Crippen LogP contribution < -0.4 is 10.6 Å². The quantitative estimate of drug-likeness (QED) is 0.691. The largest absolute Gasteiger partial charge is 0.355 e. The second-order valence-electron chi connectivity index (χ2n) is 6.15. The fraction of sp³-hybridized carbons (Fsp3) is 0.444. The molecule has 1 aromatic rings. The lowest BCUT2D eigenvalue weighted by molar-refractivity contribution is -0.118. The molecule has 0 heterocycles. The Morgan fingerprint density at radius 3 is 2.40 bits per heavy atom. The van der Waals surface area contributed by atoms with Crippen molar-refractivity contribution in [3.8, 4) is 0 Å². The van der Waals surface area contributed by atoms with Crippen LogP contribution in [0.3, 0.4) is 0 Å². The molecule has 2 N–H and O–H groups in total. The van der Waals surface area contributed by atoms with Gasteiger partial charge in [-0.05, 0) is 44.2 Å². The van der Waals surface area contributed by atoms with Gasteiger partial charge in [0, 0.05) is 12.2 Å². The van der Waals surface area contributed by atoms with E-state index >= 15 is 0 Å². The summed E-state index contributed by atoms with van der Waals surface area (Å²) >= 11 is 0. The number of anilines is 1. The molecule has 7 heteroatoms. The molecule has 0 atom stereocenters. The van der Waals surface area contributed by atoms with E-state index in [1.807, 2.05) is 0 Å². The van der Waals surface area contributed by atoms with Crippen molar-refractivity contribution in [1.82, 2.24) is 5.32 Å². The topological polar surface area (TPSA) is 92.3 Å². The molecule has 0 aromatic heterocycles. The van der Waals surface area contributed by atoms with Gasteiger partial charge in [0.1, 0.15) is 11.5 Å². The minimum atomic E-state index is -3.79. The van der Waals surface area contributed by atoms with E-state index in [0.717, 1.165) is 19.3 Å². The molecule has 2 amide bonds. The van der Waals surface area contributed by atoms with Gasteiger partial charge in [-0.15, -0.1) is 0 Å². The summed E-state index contributed by atoms with van der Waals surface area (Å²) in [5.41, 5.74) is 1.84. The van der Waals surface area contributed by atoms with Gasteiger partial charge in [0.15, 0.2) is 9.84 Å². The van der Waals surface area contributed by atoms with Crippen LogP contribution in [0.2, 0.25) is 0 Å². The number of para-hydroxylation sites is 1. The summed E-state index contributed by atoms with van der Waals surface area (Å²) in [6, 6.07) is 8.59. The lowest BCUT2D eigenvalue weighted by Gasteiger charge is -2.13. The highest BCUT2D eigenvalue weighted by atomic mass is 32.2. The Balaban J connectivity index is 1.72. The lowest BCUT2D eigenvalue weighted by Crippen LogP contribution is -2.34. The molecule has 6 nitrogen and oxygen atoms in total. The highest BCUT2D eigenvalue weighted by Crippen LogP contribution is 2.19. The summed E-state index contributed by atoms with van der Waals surface area (Å²) in [7, 11) is -3.79. The molecular weight excluding hydrogens is 340 g/mol. The zero-order valence-electron chi connectivity index (χ0n) is 14.2. The Bertz CT molecular complexity index is 727. The van der Waals surface area contributed by atoms with E-state index in [-0.39, 0.29) is 0 Å². The summed E-state index contributed by atoms with van der Waals surface area (Å²) < 4.78 is 23.9. The molecule has 0 saturated heterocycles. The fourth-order valence-electron chi connectivity index (χ4n) is 2.71. The standard InChI is InChI=1S/C18H24N2O4S/c21-17(19-12-11-15-7-3-1-4-8-15)13-25(23,24)14-18(22)20-16-9-5-2-6-10-16/h2,5-7,9-10H,1,3-4,8,11-14H2,(H,19,21)(H,20,22). The Labute approximate surface area is 148 Å². The van der Waals surface area contributed by atoms with E-state index in [0.29, 0.717) is 12.2 Å². The van der Waals surface area contributed by atoms with Gasteiger partial charge in [-0.2, -0.15) is 0 Å². The van der Waals surface area contributed by atoms with E-state index < -0.39 is 33.2 Å². The van der Waals surface area contributed by atoms with Gasteiger partial charge in [-0.25, -0.2) is 8.42 Å². The van der Waals surface area contributed by atoms with Crippen molar-refractivity contribution in [1.29, 1.82) is 0 Å². The summed E-state index contributed by atoms with van der Waals surface area (Å²) in [4.78, 5) is 23.6. The Morgan fingerprint density at radius 1 is 1.00 bits per heavy atom. The maximum Gasteiger partial charge on any atom is 0.239 e. The molecule has 0 spiro atoms. The highest BCUT2D eigenvalue weighted by molar-refractivity contribution is 7.92. The van der Waals surface area contributed by atoms with Crippen LogP contribution in [-0.2, 0) is 19.4 Å². The van der Waals surface area contributed by atoms with Crippen molar-refractivity contribution in [2.24, 2.45) is 0 Å². The second kappa shape index (κ2) is 9.36. The molecule has 1 aliphatic rings. The Morgan fingerprint density at radius 2 is 1.72 bits per heavy atom. The van der Waals surface area contributed by atoms with E-state index in [1.54, 1.807) is 30.3 Å². The number of allylic oxidation sites excluding steroid dienone is 1. The van der Waals surface area contributed by atoms with Crippen LogP contribution in [0.15, 0.2) is 42.0 Å². The molecule has 0 fully saturated rings. The number of amides is 2. The van der Waals surface area contributed by atoms with E-state index in [4.69, 9.17) is 0 Å². The number of hydrogen-bond acceptors (Lipinski definition) is 4. The molecule has 0 bridgehead atoms. The van der Waals surface area contributed by atoms with Crippen molar-refractivity contribution in [2.45, 2.75) is 32.1 Å². The van der Waals surface area contributed by atoms with Crippen LogP contribution in [0.5, 0.6) is 0 Å². The predicted molar refractivity (Wildman–Crippen MR) is 97.9 cm³/mol. The van der Waals surface area contributed by atoms with Crippen molar-refractivity contribution >= 4 is 27.3 Å². The van der Waals surface area contributed by atoms with Crippen LogP contribution in [0, 0.1) is 0 Å². The van der Waals surface area contributed by atoms with Gasteiger partial charge in [0.25, 0.3) is 0 Å². The second-order valence-corrected chi connectivity index (χ2v) is 8.22. The zero-order valence-corrected chi connectivity index (χ0v) is 15.0. The maximum atomic E-state index is 12.0. The number of benzene rings is 1. The van der Waals surface area contributed by atoms with Gasteiger partial charge in [0.2, 0.25) is 11.8 Å². The Kier molecular flexibility index (Phi) is 7.18. The molecule has 0 radical (unpaired) electrons. The average molecular weight is 364 g/mol. The van der Waals surface area contributed by atoms with Gasteiger partial charge in [-0.3, -0.25) is 9.59 Å². The molecule has 25 heavy (non-hydrogen) atoms. The first-order chi connectivity index (χ1) is 11.9. The van der Waals surface area contributed by atoms with Gasteiger partial charge in [-0.1, -0.05) is 29.8 Å². The van der Waals surface area contributed by atoms with Crippen molar-refractivity contribution < 1.29 is 18.0 Å². The highest BCUT2D eigenvalue weighted by Gasteiger charge is 2.20. The monoisotopic (exact) mass is 364 g/mol. The number of hydrogen-bond donors (Lipinski definition) is 2. The SMILES string of the molecule is O=C(CS(=O)(=O)CC(=O)Nc1ccccc1)NCCC1=CCCCC1. The normalized spacial score (nSPS) is 14.5. The van der Waals surface area contributed by atoms with Crippen LogP contribution in [0.1, 0.15) is 32.1 Å². The number of carbonyl (C=O) groups is 2. The van der Waals surface area contributed by atoms with Gasteiger partial charge >= 0.3 is 0 Å². The first kappa shape index (κ1) is 19.2. The van der Waals surface area contributed by atoms with E-state index in [2.05, 4.69) is 16.7 Å². The smallest absolute Gasteiger partial charge is 0.239 e. The zero-order chi connectivity index (χ0) is 18.1. The lowest BCUT2D eigenvalue weighted by atomic mass is 9.97. The minimum Gasteiger partial charge on any atom is -0.355 e. The summed E-state index contributed by atoms with van der Waals surface area (Å²) in [6.45, 7) is 0.427. The van der Waals surface area contributed by atoms with Crippen molar-refractivity contribution in [3.05, 3.63) is 42.0 Å². The van der Waals surface area contributed by atoms with Crippen LogP contribution >= 0.6 is 0 Å². The van der Waals surface area contributed by atoms with E-state index in [9.17, 15) is 18.0 Å². The van der Waals surface area contributed by atoms with Gasteiger partial charge in [0.05, 0.1) is 0 Å². The van der Waals surface area contributed by atoms with Gasteiger partial charge < -0.3 is 10.6 Å². The first-order valence-electron chi connectivity index (χ1n) is 8.44. The molecule has 1 aromatic carbocycles. The van der Waals surface area contributed by atoms with E-state index in [1.165, 1.54) is 18.4 Å². The molecule has 136 valence electrons. The summed E-state index contributed by atoms with van der Waals surface area (Å²) in [5.74, 6) is -2.59. The third-order valence-electron chi connectivity index (χ3n) is 3.91. The average Bonchev–Trinajstić information content (AvgIpc) is 2.55. The molecule has 0 unspecified atom stereocenters. The maximum absolute atomic E-state index is 12.0. The molecule has 1 aliphatic carbocycles. The third kappa shape index (κ3) is 7.51. The predicted octanol–water partition coefficient (Wildman–Crippen LogP) is 2.05. The molecule has 0 aliphatic heterocycles. The summed E-state index contributed by atoms with van der Waals surface area (Å²) in [5, 5.41) is 5.12. The first-order valence-corrected chi connectivity index (χ1v) is 10.3. The third-order valence-corrected chi connectivity index (χ3v) is 5.32.